The molecule has 0 spiro atoms. The van der Waals surface area contributed by atoms with Crippen molar-refractivity contribution in [2.75, 3.05) is 40.4 Å². The van der Waals surface area contributed by atoms with Gasteiger partial charge in [-0.1, -0.05) is 13.0 Å². The fraction of sp³-hybridized carbons (Fsp3) is 0.667. The minimum atomic E-state index is 0. The van der Waals surface area contributed by atoms with Crippen molar-refractivity contribution in [3.05, 3.63) is 23.8 Å². The van der Waals surface area contributed by atoms with Gasteiger partial charge in [-0.2, -0.15) is 0 Å². The molecule has 2 aliphatic rings. The van der Waals surface area contributed by atoms with Gasteiger partial charge in [-0.25, -0.2) is 0 Å². The maximum Gasteiger partial charge on any atom is 0.225 e. The predicted octanol–water partition coefficient (Wildman–Crippen LogP) is 3.60. The Balaban J connectivity index is 0.00000261. The Morgan fingerprint density at radius 2 is 1.85 bits per heavy atom. The second-order valence-corrected chi connectivity index (χ2v) is 7.76. The number of hydrogen-bond donors (Lipinski definition) is 0. The summed E-state index contributed by atoms with van der Waals surface area (Å²) in [5.74, 6) is 2.92. The third kappa shape index (κ3) is 5.52. The van der Waals surface area contributed by atoms with Crippen molar-refractivity contribution in [2.45, 2.75) is 39.2 Å². The van der Waals surface area contributed by atoms with Crippen LogP contribution in [-0.4, -0.2) is 56.1 Å². The van der Waals surface area contributed by atoms with Gasteiger partial charge in [0.05, 0.1) is 14.2 Å². The van der Waals surface area contributed by atoms with E-state index in [1.165, 1.54) is 12.0 Å². The van der Waals surface area contributed by atoms with Crippen molar-refractivity contribution in [1.82, 2.24) is 9.80 Å². The van der Waals surface area contributed by atoms with E-state index in [1.807, 2.05) is 12.1 Å². The lowest BCUT2D eigenvalue weighted by Gasteiger charge is -2.37. The van der Waals surface area contributed by atoms with E-state index in [0.29, 0.717) is 11.8 Å². The number of carbonyl (C=O) groups is 1. The first-order valence-electron chi connectivity index (χ1n) is 9.82. The van der Waals surface area contributed by atoms with Gasteiger partial charge in [0.15, 0.2) is 0 Å². The average Bonchev–Trinajstić information content (AvgIpc) is 2.68. The maximum atomic E-state index is 12.8. The van der Waals surface area contributed by atoms with Gasteiger partial charge in [0.1, 0.15) is 11.5 Å². The first-order valence-corrected chi connectivity index (χ1v) is 9.82. The van der Waals surface area contributed by atoms with E-state index in [0.717, 1.165) is 63.5 Å². The molecule has 0 N–H and O–H groups in total. The van der Waals surface area contributed by atoms with E-state index < -0.39 is 0 Å². The minimum Gasteiger partial charge on any atom is -0.497 e. The third-order valence-corrected chi connectivity index (χ3v) is 5.79. The second-order valence-electron chi connectivity index (χ2n) is 7.76. The molecule has 0 saturated carbocycles. The molecule has 0 bridgehead atoms. The highest BCUT2D eigenvalue weighted by atomic mass is 35.5. The van der Waals surface area contributed by atoms with Crippen LogP contribution < -0.4 is 9.47 Å². The van der Waals surface area contributed by atoms with Crippen LogP contribution in [0.25, 0.3) is 0 Å². The summed E-state index contributed by atoms with van der Waals surface area (Å²) in [5.41, 5.74) is 1.17. The summed E-state index contributed by atoms with van der Waals surface area (Å²) in [7, 11) is 3.36. The van der Waals surface area contributed by atoms with Crippen LogP contribution in [0.3, 0.4) is 0 Å². The summed E-state index contributed by atoms with van der Waals surface area (Å²) in [4.78, 5) is 17.3. The van der Waals surface area contributed by atoms with Crippen LogP contribution in [0.5, 0.6) is 11.5 Å². The molecule has 6 heteroatoms. The van der Waals surface area contributed by atoms with E-state index in [1.54, 1.807) is 14.2 Å². The zero-order valence-electron chi connectivity index (χ0n) is 16.8. The Morgan fingerprint density at radius 1 is 1.11 bits per heavy atom. The number of rotatable bonds is 5. The normalized spacial score (nSPS) is 21.4. The molecule has 1 atom stereocenters. The lowest BCUT2D eigenvalue weighted by Crippen LogP contribution is -2.45. The zero-order valence-corrected chi connectivity index (χ0v) is 17.6. The van der Waals surface area contributed by atoms with Crippen LogP contribution in [0.2, 0.25) is 0 Å². The summed E-state index contributed by atoms with van der Waals surface area (Å²) >= 11 is 0. The smallest absolute Gasteiger partial charge is 0.225 e. The second kappa shape index (κ2) is 10.2. The highest BCUT2D eigenvalue weighted by molar-refractivity contribution is 5.85. The number of halogens is 1. The van der Waals surface area contributed by atoms with Crippen LogP contribution in [0.15, 0.2) is 18.2 Å². The van der Waals surface area contributed by atoms with Crippen molar-refractivity contribution < 1.29 is 14.3 Å². The van der Waals surface area contributed by atoms with Gasteiger partial charge in [-0.05, 0) is 50.8 Å². The fourth-order valence-electron chi connectivity index (χ4n) is 4.21. The molecule has 5 nitrogen and oxygen atoms in total. The third-order valence-electron chi connectivity index (χ3n) is 5.79. The molecule has 1 unspecified atom stereocenters. The molecule has 2 fully saturated rings. The van der Waals surface area contributed by atoms with E-state index in [4.69, 9.17) is 9.47 Å². The molecule has 0 radical (unpaired) electrons. The van der Waals surface area contributed by atoms with Gasteiger partial charge in [0.2, 0.25) is 5.91 Å². The monoisotopic (exact) mass is 396 g/mol. The number of piperidine rings is 2. The molecule has 2 aliphatic heterocycles. The molecule has 1 amide bonds. The number of hydrogen-bond acceptors (Lipinski definition) is 4. The standard InChI is InChI=1S/C21H32N2O3.ClH/c1-16-5-4-10-23(14-16)21(24)17-8-11-22(12-9-17)15-18-6-7-19(25-2)13-20(18)26-3;/h6-7,13,16-17H,4-5,8-12,14-15H2,1-3H3;1H. The summed E-state index contributed by atoms with van der Waals surface area (Å²) in [6.45, 7) is 6.94. The number of carbonyl (C=O) groups excluding carboxylic acids is 1. The number of methoxy groups -OCH3 is 2. The predicted molar refractivity (Wildman–Crippen MR) is 110 cm³/mol. The SMILES string of the molecule is COc1ccc(CN2CCC(C(=O)N3CCCC(C)C3)CC2)c(OC)c1.Cl. The number of amides is 1. The Labute approximate surface area is 169 Å². The maximum absolute atomic E-state index is 12.8. The van der Waals surface area contributed by atoms with Gasteiger partial charge in [0, 0.05) is 37.2 Å². The molecule has 1 aromatic rings. The largest absolute Gasteiger partial charge is 0.497 e. The summed E-state index contributed by atoms with van der Waals surface area (Å²) in [6, 6.07) is 5.98. The molecule has 2 heterocycles. The summed E-state index contributed by atoms with van der Waals surface area (Å²) < 4.78 is 10.8. The van der Waals surface area contributed by atoms with E-state index in [-0.39, 0.29) is 18.3 Å². The number of ether oxygens (including phenoxy) is 2. The van der Waals surface area contributed by atoms with Crippen molar-refractivity contribution in [3.63, 3.8) is 0 Å². The van der Waals surface area contributed by atoms with Crippen LogP contribution in [0.1, 0.15) is 38.2 Å². The number of nitrogens with zero attached hydrogens (tertiary/aromatic N) is 2. The van der Waals surface area contributed by atoms with Gasteiger partial charge >= 0.3 is 0 Å². The Kier molecular flexibility index (Phi) is 8.24. The van der Waals surface area contributed by atoms with Crippen molar-refractivity contribution >= 4 is 18.3 Å². The molecule has 1 aromatic carbocycles. The Hall–Kier alpha value is -1.46. The van der Waals surface area contributed by atoms with Gasteiger partial charge in [-0.15, -0.1) is 12.4 Å². The highest BCUT2D eigenvalue weighted by Gasteiger charge is 2.30. The van der Waals surface area contributed by atoms with Crippen molar-refractivity contribution in [1.29, 1.82) is 0 Å². The van der Waals surface area contributed by atoms with E-state index in [9.17, 15) is 4.79 Å². The van der Waals surface area contributed by atoms with Crippen LogP contribution in [0.4, 0.5) is 0 Å². The van der Waals surface area contributed by atoms with Gasteiger partial charge < -0.3 is 14.4 Å². The van der Waals surface area contributed by atoms with Gasteiger partial charge in [-0.3, -0.25) is 9.69 Å². The first kappa shape index (κ1) is 21.8. The topological polar surface area (TPSA) is 42.0 Å². The van der Waals surface area contributed by atoms with Crippen LogP contribution >= 0.6 is 12.4 Å². The molecule has 0 aromatic heterocycles. The van der Waals surface area contributed by atoms with Crippen molar-refractivity contribution in [2.24, 2.45) is 11.8 Å². The first-order chi connectivity index (χ1) is 12.6. The zero-order chi connectivity index (χ0) is 18.5. The molecular formula is C21H33ClN2O3. The molecule has 2 saturated heterocycles. The van der Waals surface area contributed by atoms with Crippen molar-refractivity contribution in [3.8, 4) is 11.5 Å². The number of benzene rings is 1. The molecule has 152 valence electrons. The molecule has 3 rings (SSSR count). The Morgan fingerprint density at radius 3 is 2.48 bits per heavy atom. The van der Waals surface area contributed by atoms with Crippen LogP contribution in [0, 0.1) is 11.8 Å². The minimum absolute atomic E-state index is 0. The van der Waals surface area contributed by atoms with Crippen LogP contribution in [-0.2, 0) is 11.3 Å². The number of likely N-dealkylation sites (tertiary alicyclic amines) is 2. The lowest BCUT2D eigenvalue weighted by molar-refractivity contribution is -0.138. The Bertz CT molecular complexity index is 617. The van der Waals surface area contributed by atoms with Gasteiger partial charge in [0.25, 0.3) is 0 Å². The lowest BCUT2D eigenvalue weighted by atomic mass is 9.92. The van der Waals surface area contributed by atoms with E-state index >= 15 is 0 Å². The fourth-order valence-corrected chi connectivity index (χ4v) is 4.21. The average molecular weight is 397 g/mol. The van der Waals surface area contributed by atoms with E-state index in [2.05, 4.69) is 22.8 Å². The summed E-state index contributed by atoms with van der Waals surface area (Å²) in [5, 5.41) is 0. The summed E-state index contributed by atoms with van der Waals surface area (Å²) in [6.07, 6.45) is 4.33. The molecule has 0 aliphatic carbocycles. The quantitative estimate of drug-likeness (QED) is 0.762. The highest BCUT2D eigenvalue weighted by Crippen LogP contribution is 2.28. The molecular weight excluding hydrogens is 364 g/mol. The molecule has 27 heavy (non-hydrogen) atoms.